The van der Waals surface area contributed by atoms with Crippen LogP contribution in [0.5, 0.6) is 0 Å². The average Bonchev–Trinajstić information content (AvgIpc) is 2.07. The molecule has 0 unspecified atom stereocenters. The zero-order valence-corrected chi connectivity index (χ0v) is 7.10. The fraction of sp³-hybridized carbons (Fsp3) is 0.333. The molecule has 0 aliphatic heterocycles. The van der Waals surface area contributed by atoms with Gasteiger partial charge in [0.05, 0.1) is 0 Å². The van der Waals surface area contributed by atoms with E-state index in [1.54, 1.807) is 11.8 Å². The van der Waals surface area contributed by atoms with Gasteiger partial charge in [0.2, 0.25) is 0 Å². The van der Waals surface area contributed by atoms with Crippen molar-refractivity contribution in [1.29, 1.82) is 0 Å². The molecular formula is C9H11OS. The van der Waals surface area contributed by atoms with Crippen LogP contribution in [-0.2, 0) is 0 Å². The first-order valence-corrected chi connectivity index (χ1v) is 4.62. The quantitative estimate of drug-likeness (QED) is 0.546. The average molecular weight is 167 g/mol. The number of thioether (sulfide) groups is 1. The van der Waals surface area contributed by atoms with Crippen LogP contribution >= 0.6 is 11.8 Å². The van der Waals surface area contributed by atoms with Crippen LogP contribution in [0.2, 0.25) is 0 Å². The molecular weight excluding hydrogens is 156 g/mol. The molecule has 1 radical (unpaired) electrons. The van der Waals surface area contributed by atoms with Gasteiger partial charge in [0, 0.05) is 17.3 Å². The summed E-state index contributed by atoms with van der Waals surface area (Å²) < 4.78 is 0. The van der Waals surface area contributed by atoms with Crippen LogP contribution in [-0.4, -0.2) is 17.5 Å². The van der Waals surface area contributed by atoms with Crippen molar-refractivity contribution in [2.75, 3.05) is 12.4 Å². The lowest BCUT2D eigenvalue weighted by atomic mass is 10.4. The first-order chi connectivity index (χ1) is 5.43. The van der Waals surface area contributed by atoms with Crippen molar-refractivity contribution in [2.24, 2.45) is 0 Å². The number of aliphatic hydroxyl groups is 1. The van der Waals surface area contributed by atoms with Gasteiger partial charge in [-0.05, 0) is 24.6 Å². The standard InChI is InChI=1S/C9H11OS/c10-7-4-8-11-9-5-2-1-3-6-9/h2-3,5-6,10H,4,7-8H2. The molecule has 1 aromatic rings. The molecule has 59 valence electrons. The first kappa shape index (κ1) is 8.62. The van der Waals surface area contributed by atoms with E-state index in [1.165, 1.54) is 4.90 Å². The number of rotatable bonds is 4. The zero-order chi connectivity index (χ0) is 7.94. The third-order valence-corrected chi connectivity index (χ3v) is 2.36. The maximum atomic E-state index is 8.52. The van der Waals surface area contributed by atoms with E-state index >= 15 is 0 Å². The van der Waals surface area contributed by atoms with Gasteiger partial charge in [0.25, 0.3) is 0 Å². The van der Waals surface area contributed by atoms with Gasteiger partial charge in [0.15, 0.2) is 0 Å². The Morgan fingerprint density at radius 1 is 1.36 bits per heavy atom. The van der Waals surface area contributed by atoms with Gasteiger partial charge >= 0.3 is 0 Å². The molecule has 0 atom stereocenters. The van der Waals surface area contributed by atoms with E-state index in [2.05, 4.69) is 6.07 Å². The summed E-state index contributed by atoms with van der Waals surface area (Å²) in [6, 6.07) is 10.8. The van der Waals surface area contributed by atoms with Gasteiger partial charge in [-0.1, -0.05) is 12.1 Å². The highest BCUT2D eigenvalue weighted by molar-refractivity contribution is 7.99. The molecule has 0 spiro atoms. The molecule has 2 heteroatoms. The second-order valence-electron chi connectivity index (χ2n) is 2.16. The molecule has 1 N–H and O–H groups in total. The molecule has 0 bridgehead atoms. The van der Waals surface area contributed by atoms with Gasteiger partial charge in [-0.2, -0.15) is 0 Å². The molecule has 0 aliphatic carbocycles. The summed E-state index contributed by atoms with van der Waals surface area (Å²) in [7, 11) is 0. The van der Waals surface area contributed by atoms with E-state index in [4.69, 9.17) is 5.11 Å². The largest absolute Gasteiger partial charge is 0.396 e. The Hall–Kier alpha value is -0.470. The van der Waals surface area contributed by atoms with Crippen molar-refractivity contribution >= 4 is 11.8 Å². The molecule has 0 aromatic heterocycles. The van der Waals surface area contributed by atoms with Crippen molar-refractivity contribution in [2.45, 2.75) is 11.3 Å². The lowest BCUT2D eigenvalue weighted by molar-refractivity contribution is 0.296. The van der Waals surface area contributed by atoms with Crippen LogP contribution in [0.4, 0.5) is 0 Å². The second-order valence-corrected chi connectivity index (χ2v) is 3.33. The van der Waals surface area contributed by atoms with E-state index in [9.17, 15) is 0 Å². The molecule has 0 amide bonds. The van der Waals surface area contributed by atoms with E-state index < -0.39 is 0 Å². The third-order valence-electron chi connectivity index (χ3n) is 1.26. The minimum atomic E-state index is 0.284. The lowest BCUT2D eigenvalue weighted by Gasteiger charge is -1.97. The van der Waals surface area contributed by atoms with E-state index in [-0.39, 0.29) is 6.61 Å². The lowest BCUT2D eigenvalue weighted by Crippen LogP contribution is -1.84. The van der Waals surface area contributed by atoms with E-state index in [0.717, 1.165) is 12.2 Å². The Bertz CT molecular complexity index is 186. The number of hydrogen-bond acceptors (Lipinski definition) is 2. The predicted octanol–water partition coefficient (Wildman–Crippen LogP) is 1.96. The molecule has 0 saturated carbocycles. The van der Waals surface area contributed by atoms with Gasteiger partial charge in [0.1, 0.15) is 0 Å². The topological polar surface area (TPSA) is 20.2 Å². The summed E-state index contributed by atoms with van der Waals surface area (Å²) >= 11 is 1.76. The van der Waals surface area contributed by atoms with Crippen LogP contribution in [0.1, 0.15) is 6.42 Å². The van der Waals surface area contributed by atoms with Crippen molar-refractivity contribution in [3.05, 3.63) is 30.3 Å². The van der Waals surface area contributed by atoms with Crippen LogP contribution in [0, 0.1) is 6.07 Å². The molecule has 0 aliphatic rings. The summed E-state index contributed by atoms with van der Waals surface area (Å²) in [6.45, 7) is 0.284. The maximum Gasteiger partial charge on any atom is 0.0439 e. The Kier molecular flexibility index (Phi) is 4.09. The summed E-state index contributed by atoms with van der Waals surface area (Å²) in [4.78, 5) is 1.25. The monoisotopic (exact) mass is 167 g/mol. The smallest absolute Gasteiger partial charge is 0.0439 e. The third kappa shape index (κ3) is 3.44. The minimum absolute atomic E-state index is 0.284. The predicted molar refractivity (Wildman–Crippen MR) is 47.7 cm³/mol. The van der Waals surface area contributed by atoms with Gasteiger partial charge < -0.3 is 5.11 Å². The summed E-state index contributed by atoms with van der Waals surface area (Å²) in [5, 5.41) is 8.52. The molecule has 0 saturated heterocycles. The van der Waals surface area contributed by atoms with Crippen molar-refractivity contribution in [3.8, 4) is 0 Å². The van der Waals surface area contributed by atoms with Crippen LogP contribution in [0.15, 0.2) is 29.2 Å². The molecule has 0 fully saturated rings. The summed E-state index contributed by atoms with van der Waals surface area (Å²) in [5.41, 5.74) is 0. The van der Waals surface area contributed by atoms with Gasteiger partial charge in [-0.25, -0.2) is 0 Å². The number of benzene rings is 1. The van der Waals surface area contributed by atoms with Crippen LogP contribution < -0.4 is 0 Å². The minimum Gasteiger partial charge on any atom is -0.396 e. The molecule has 1 nitrogen and oxygen atoms in total. The Morgan fingerprint density at radius 2 is 2.09 bits per heavy atom. The Labute approximate surface area is 71.4 Å². The zero-order valence-electron chi connectivity index (χ0n) is 6.29. The van der Waals surface area contributed by atoms with E-state index in [0.29, 0.717) is 0 Å². The van der Waals surface area contributed by atoms with Crippen molar-refractivity contribution < 1.29 is 5.11 Å². The fourth-order valence-electron chi connectivity index (χ4n) is 0.722. The van der Waals surface area contributed by atoms with Crippen LogP contribution in [0.25, 0.3) is 0 Å². The SMILES string of the molecule is OCCCSc1cc[c]cc1. The highest BCUT2D eigenvalue weighted by atomic mass is 32.2. The second kappa shape index (κ2) is 5.22. The van der Waals surface area contributed by atoms with Gasteiger partial charge in [-0.15, -0.1) is 11.8 Å². The molecule has 1 rings (SSSR count). The Balaban J connectivity index is 2.28. The molecule has 11 heavy (non-hydrogen) atoms. The maximum absolute atomic E-state index is 8.52. The molecule has 1 aromatic carbocycles. The molecule has 0 heterocycles. The van der Waals surface area contributed by atoms with Crippen molar-refractivity contribution in [3.63, 3.8) is 0 Å². The summed E-state index contributed by atoms with van der Waals surface area (Å²) in [6.07, 6.45) is 0.864. The van der Waals surface area contributed by atoms with Crippen molar-refractivity contribution in [1.82, 2.24) is 0 Å². The summed E-state index contributed by atoms with van der Waals surface area (Å²) in [5.74, 6) is 0.987. The Morgan fingerprint density at radius 3 is 2.73 bits per heavy atom. The highest BCUT2D eigenvalue weighted by Gasteiger charge is 1.90. The van der Waals surface area contributed by atoms with E-state index in [1.807, 2.05) is 24.3 Å². The fourth-order valence-corrected chi connectivity index (χ4v) is 1.56. The number of aliphatic hydroxyl groups excluding tert-OH is 1. The normalized spacial score (nSPS) is 9.91. The first-order valence-electron chi connectivity index (χ1n) is 3.63. The van der Waals surface area contributed by atoms with Gasteiger partial charge in [-0.3, -0.25) is 0 Å². The number of hydrogen-bond donors (Lipinski definition) is 1. The van der Waals surface area contributed by atoms with Crippen LogP contribution in [0.3, 0.4) is 0 Å². The highest BCUT2D eigenvalue weighted by Crippen LogP contribution is 2.16.